The molecule has 3 heterocycles. The first-order chi connectivity index (χ1) is 16.1. The van der Waals surface area contributed by atoms with Crippen LogP contribution in [0.5, 0.6) is 0 Å². The van der Waals surface area contributed by atoms with Gasteiger partial charge in [-0.15, -0.1) is 35.1 Å². The highest BCUT2D eigenvalue weighted by Crippen LogP contribution is 2.45. The van der Waals surface area contributed by atoms with Gasteiger partial charge in [-0.05, 0) is 54.9 Å². The van der Waals surface area contributed by atoms with E-state index in [1.54, 1.807) is 46.9 Å². The number of fused-ring (bicyclic) bond motifs is 2. The average Bonchev–Trinajstić information content (AvgIpc) is 3.43. The lowest BCUT2D eigenvalue weighted by molar-refractivity contribution is 0.0600. The van der Waals surface area contributed by atoms with Crippen molar-refractivity contribution < 1.29 is 14.3 Å². The fraction of sp³-hybridized carbons (Fsp3) is 0.240. The summed E-state index contributed by atoms with van der Waals surface area (Å²) >= 11 is 3.30. The Balaban J connectivity index is 0.00000274. The number of para-hydroxylation sites is 1. The van der Waals surface area contributed by atoms with E-state index in [1.807, 2.05) is 18.2 Å². The maximum atomic E-state index is 13.1. The van der Waals surface area contributed by atoms with Crippen LogP contribution in [0.4, 0.5) is 5.00 Å². The molecule has 1 aliphatic rings. The Bertz CT molecular complexity index is 1310. The molecule has 176 valence electrons. The number of aromatic nitrogens is 1. The summed E-state index contributed by atoms with van der Waals surface area (Å²) in [7, 11) is 1.34. The number of thiophene rings is 1. The Hall–Kier alpha value is -2.78. The average molecular weight is 514 g/mol. The predicted molar refractivity (Wildman–Crippen MR) is 141 cm³/mol. The molecular weight excluding hydrogens is 490 g/mol. The summed E-state index contributed by atoms with van der Waals surface area (Å²) in [5.74, 6) is -0.633. The van der Waals surface area contributed by atoms with E-state index in [4.69, 9.17) is 9.72 Å². The number of esters is 1. The third-order valence-corrected chi connectivity index (χ3v) is 8.07. The Morgan fingerprint density at radius 1 is 1.09 bits per heavy atom. The normalized spacial score (nSPS) is 13.2. The molecule has 2 aromatic heterocycles. The lowest BCUT2D eigenvalue weighted by atomic mass is 10.0. The molecule has 4 aromatic rings. The number of rotatable bonds is 5. The van der Waals surface area contributed by atoms with Crippen molar-refractivity contribution in [1.29, 1.82) is 0 Å². The number of methoxy groups -OCH3 is 1. The third kappa shape index (κ3) is 4.59. The van der Waals surface area contributed by atoms with Gasteiger partial charge in [-0.1, -0.05) is 19.1 Å². The van der Waals surface area contributed by atoms with Crippen molar-refractivity contribution in [1.82, 2.24) is 9.88 Å². The zero-order valence-electron chi connectivity index (χ0n) is 18.8. The number of ether oxygens (including phenoxy) is 1. The molecular formula is C25H24ClN3O3S2. The number of carbonyl (C=O) groups is 2. The van der Waals surface area contributed by atoms with Crippen LogP contribution in [-0.2, 0) is 17.7 Å². The van der Waals surface area contributed by atoms with Crippen molar-refractivity contribution in [2.24, 2.45) is 0 Å². The molecule has 0 aliphatic carbocycles. The SMILES string of the molecule is CCN1CCc2c(sc(NC(=O)c3ccc(C(=O)OC)cc3)c2-c2nc3ccccc3s2)C1.Cl. The number of benzene rings is 2. The van der Waals surface area contributed by atoms with Crippen LogP contribution in [0.25, 0.3) is 20.8 Å². The fourth-order valence-electron chi connectivity index (χ4n) is 4.07. The second-order valence-corrected chi connectivity index (χ2v) is 9.97. The molecule has 9 heteroatoms. The second-order valence-electron chi connectivity index (χ2n) is 7.84. The quantitative estimate of drug-likeness (QED) is 0.338. The standard InChI is InChI=1S/C25H23N3O3S2.ClH/c1-3-28-13-12-17-20(14-28)33-24(21(17)23-26-18-6-4-5-7-19(18)32-23)27-22(29)15-8-10-16(11-9-15)25(30)31-2;/h4-11H,3,12-14H2,1-2H3,(H,27,29);1H. The number of likely N-dealkylation sites (N-methyl/N-ethyl adjacent to an activating group) is 1. The van der Waals surface area contributed by atoms with Gasteiger partial charge in [0.2, 0.25) is 0 Å². The lowest BCUT2D eigenvalue weighted by Gasteiger charge is -2.25. The summed E-state index contributed by atoms with van der Waals surface area (Å²) in [5, 5.41) is 4.91. The fourth-order valence-corrected chi connectivity index (χ4v) is 6.47. The number of thiazole rings is 1. The predicted octanol–water partition coefficient (Wildman–Crippen LogP) is 5.86. The number of halogens is 1. The van der Waals surface area contributed by atoms with E-state index >= 15 is 0 Å². The van der Waals surface area contributed by atoms with Gasteiger partial charge in [-0.25, -0.2) is 9.78 Å². The number of carbonyl (C=O) groups excluding carboxylic acids is 2. The maximum absolute atomic E-state index is 13.1. The van der Waals surface area contributed by atoms with Gasteiger partial charge >= 0.3 is 5.97 Å². The van der Waals surface area contributed by atoms with Crippen LogP contribution in [0.1, 0.15) is 38.1 Å². The highest BCUT2D eigenvalue weighted by molar-refractivity contribution is 7.23. The molecule has 0 atom stereocenters. The summed E-state index contributed by atoms with van der Waals surface area (Å²) in [6.07, 6.45) is 0.939. The molecule has 1 aliphatic heterocycles. The summed E-state index contributed by atoms with van der Waals surface area (Å²) < 4.78 is 5.87. The van der Waals surface area contributed by atoms with E-state index in [1.165, 1.54) is 17.6 Å². The van der Waals surface area contributed by atoms with Crippen LogP contribution in [0, 0.1) is 0 Å². The largest absolute Gasteiger partial charge is 0.465 e. The van der Waals surface area contributed by atoms with Crippen LogP contribution in [0.15, 0.2) is 48.5 Å². The molecule has 1 amide bonds. The number of hydrogen-bond acceptors (Lipinski definition) is 7. The molecule has 34 heavy (non-hydrogen) atoms. The molecule has 1 N–H and O–H groups in total. The van der Waals surface area contributed by atoms with Gasteiger partial charge in [0, 0.05) is 29.1 Å². The molecule has 0 unspecified atom stereocenters. The zero-order valence-corrected chi connectivity index (χ0v) is 21.2. The highest BCUT2D eigenvalue weighted by atomic mass is 35.5. The number of amides is 1. The van der Waals surface area contributed by atoms with E-state index in [-0.39, 0.29) is 18.3 Å². The molecule has 0 spiro atoms. The molecule has 0 saturated heterocycles. The van der Waals surface area contributed by atoms with Gasteiger partial charge in [0.05, 0.1) is 22.9 Å². The van der Waals surface area contributed by atoms with Crippen molar-refractivity contribution in [3.8, 4) is 10.6 Å². The molecule has 0 radical (unpaired) electrons. The maximum Gasteiger partial charge on any atom is 0.337 e. The van der Waals surface area contributed by atoms with E-state index in [0.29, 0.717) is 11.1 Å². The first-order valence-corrected chi connectivity index (χ1v) is 12.4. The van der Waals surface area contributed by atoms with Gasteiger partial charge < -0.3 is 10.1 Å². The van der Waals surface area contributed by atoms with Gasteiger partial charge in [0.15, 0.2) is 0 Å². The van der Waals surface area contributed by atoms with Crippen molar-refractivity contribution in [3.63, 3.8) is 0 Å². The van der Waals surface area contributed by atoms with E-state index in [9.17, 15) is 9.59 Å². The van der Waals surface area contributed by atoms with Crippen LogP contribution < -0.4 is 5.32 Å². The Kier molecular flexibility index (Phi) is 7.33. The third-order valence-electron chi connectivity index (χ3n) is 5.89. The second kappa shape index (κ2) is 10.2. The van der Waals surface area contributed by atoms with Crippen molar-refractivity contribution in [2.75, 3.05) is 25.5 Å². The van der Waals surface area contributed by atoms with E-state index < -0.39 is 5.97 Å². The van der Waals surface area contributed by atoms with Crippen LogP contribution in [0.3, 0.4) is 0 Å². The number of anilines is 1. The van der Waals surface area contributed by atoms with Gasteiger partial charge in [0.25, 0.3) is 5.91 Å². The van der Waals surface area contributed by atoms with Crippen molar-refractivity contribution in [2.45, 2.75) is 19.9 Å². The number of hydrogen-bond donors (Lipinski definition) is 1. The molecule has 0 bridgehead atoms. The molecule has 0 fully saturated rings. The van der Waals surface area contributed by atoms with Crippen LogP contribution in [-0.4, -0.2) is 42.0 Å². The van der Waals surface area contributed by atoms with E-state index in [0.717, 1.165) is 51.8 Å². The van der Waals surface area contributed by atoms with Crippen molar-refractivity contribution >= 4 is 62.2 Å². The van der Waals surface area contributed by atoms with Gasteiger partial charge in [-0.3, -0.25) is 9.69 Å². The van der Waals surface area contributed by atoms with Crippen LogP contribution in [0.2, 0.25) is 0 Å². The zero-order chi connectivity index (χ0) is 22.9. The lowest BCUT2D eigenvalue weighted by Crippen LogP contribution is -2.29. The summed E-state index contributed by atoms with van der Waals surface area (Å²) in [5.41, 5.74) is 4.21. The molecule has 5 rings (SSSR count). The molecule has 2 aromatic carbocycles. The molecule has 6 nitrogen and oxygen atoms in total. The van der Waals surface area contributed by atoms with Crippen molar-refractivity contribution in [3.05, 3.63) is 70.1 Å². The minimum Gasteiger partial charge on any atom is -0.465 e. The smallest absolute Gasteiger partial charge is 0.337 e. The topological polar surface area (TPSA) is 71.5 Å². The monoisotopic (exact) mass is 513 g/mol. The number of nitrogens with zero attached hydrogens (tertiary/aromatic N) is 2. The Labute approximate surface area is 212 Å². The van der Waals surface area contributed by atoms with Gasteiger partial charge in [0.1, 0.15) is 10.0 Å². The first-order valence-electron chi connectivity index (χ1n) is 10.8. The Morgan fingerprint density at radius 2 is 1.82 bits per heavy atom. The Morgan fingerprint density at radius 3 is 2.53 bits per heavy atom. The minimum atomic E-state index is -0.425. The summed E-state index contributed by atoms with van der Waals surface area (Å²) in [4.78, 5) is 33.4. The molecule has 0 saturated carbocycles. The highest BCUT2D eigenvalue weighted by Gasteiger charge is 2.27. The summed E-state index contributed by atoms with van der Waals surface area (Å²) in [6, 6.07) is 14.6. The minimum absolute atomic E-state index is 0. The van der Waals surface area contributed by atoms with Gasteiger partial charge in [-0.2, -0.15) is 0 Å². The first kappa shape index (κ1) is 24.3. The number of nitrogens with one attached hydrogen (secondary N) is 1. The van der Waals surface area contributed by atoms with Crippen LogP contribution >= 0.6 is 35.1 Å². The summed E-state index contributed by atoms with van der Waals surface area (Å²) in [6.45, 7) is 5.06. The van der Waals surface area contributed by atoms with E-state index in [2.05, 4.69) is 23.2 Å².